The molecule has 1 aliphatic rings. The van der Waals surface area contributed by atoms with Crippen LogP contribution in [0.25, 0.3) is 66.1 Å². The van der Waals surface area contributed by atoms with Gasteiger partial charge in [0.25, 0.3) is 0 Å². The van der Waals surface area contributed by atoms with Crippen LogP contribution in [0.2, 0.25) is 0 Å². The average Bonchev–Trinajstić information content (AvgIpc) is 3.73. The summed E-state index contributed by atoms with van der Waals surface area (Å²) in [4.78, 5) is 2.01. The van der Waals surface area contributed by atoms with Crippen LogP contribution in [-0.2, 0) is 0 Å². The summed E-state index contributed by atoms with van der Waals surface area (Å²) in [7, 11) is 0. The molecule has 11 aromatic rings. The van der Waals surface area contributed by atoms with Gasteiger partial charge in [0.2, 0.25) is 6.71 Å². The summed E-state index contributed by atoms with van der Waals surface area (Å²) in [5.41, 5.74) is 13.7. The molecule has 0 spiro atoms. The van der Waals surface area contributed by atoms with Crippen LogP contribution in [0.3, 0.4) is 0 Å². The maximum Gasteiger partial charge on any atom is 0.242 e. The smallest absolute Gasteiger partial charge is 0.242 e. The van der Waals surface area contributed by atoms with Gasteiger partial charge in [-0.2, -0.15) is 0 Å². The number of anilines is 3. The Labute approximate surface area is 371 Å². The number of ether oxygens (including phenoxy) is 1. The van der Waals surface area contributed by atoms with Crippen LogP contribution < -0.4 is 26.0 Å². The van der Waals surface area contributed by atoms with Crippen molar-refractivity contribution in [1.29, 1.82) is 0 Å². The first kappa shape index (κ1) is 37.6. The van der Waals surface area contributed by atoms with E-state index in [4.69, 9.17) is 9.15 Å². The van der Waals surface area contributed by atoms with Crippen LogP contribution in [0.4, 0.5) is 21.5 Å². The van der Waals surface area contributed by atoms with Gasteiger partial charge >= 0.3 is 0 Å². The molecule has 0 saturated carbocycles. The molecule has 64 heavy (non-hydrogen) atoms. The van der Waals surface area contributed by atoms with Crippen molar-refractivity contribution in [2.75, 3.05) is 4.90 Å². The van der Waals surface area contributed by atoms with Gasteiger partial charge < -0.3 is 14.1 Å². The Morgan fingerprint density at radius 1 is 0.469 bits per heavy atom. The zero-order chi connectivity index (χ0) is 42.7. The molecule has 0 bridgehead atoms. The predicted molar refractivity (Wildman–Crippen MR) is 265 cm³/mol. The second-order valence-electron chi connectivity index (χ2n) is 16.5. The van der Waals surface area contributed by atoms with Gasteiger partial charge in [-0.15, -0.1) is 0 Å². The molecular formula is C59H39BFNO2. The van der Waals surface area contributed by atoms with E-state index >= 15 is 4.39 Å². The van der Waals surface area contributed by atoms with E-state index in [0.29, 0.717) is 22.7 Å². The van der Waals surface area contributed by atoms with E-state index in [9.17, 15) is 0 Å². The highest BCUT2D eigenvalue weighted by Gasteiger charge is 2.31. The number of rotatable bonds is 8. The molecule has 0 radical (unpaired) electrons. The van der Waals surface area contributed by atoms with Crippen LogP contribution in [-0.4, -0.2) is 6.71 Å². The van der Waals surface area contributed by atoms with Crippen molar-refractivity contribution in [3.63, 3.8) is 0 Å². The van der Waals surface area contributed by atoms with Crippen LogP contribution >= 0.6 is 0 Å². The topological polar surface area (TPSA) is 25.6 Å². The first-order valence-corrected chi connectivity index (χ1v) is 21.7. The third-order valence-corrected chi connectivity index (χ3v) is 12.8. The number of hydrogen-bond donors (Lipinski definition) is 0. The first-order chi connectivity index (χ1) is 31.6. The van der Waals surface area contributed by atoms with Gasteiger partial charge in [-0.05, 0) is 77.0 Å². The number of aryl methyl sites for hydroxylation is 1. The fraction of sp³-hybridized carbons (Fsp3) is 0.0169. The second kappa shape index (κ2) is 15.3. The van der Waals surface area contributed by atoms with Gasteiger partial charge in [-0.1, -0.05) is 192 Å². The lowest BCUT2D eigenvalue weighted by Crippen LogP contribution is -2.53. The summed E-state index contributed by atoms with van der Waals surface area (Å²) in [6.07, 6.45) is 0. The molecule has 2 heterocycles. The van der Waals surface area contributed by atoms with Crippen LogP contribution in [0.5, 0.6) is 11.5 Å². The quantitative estimate of drug-likeness (QED) is 0.143. The monoisotopic (exact) mass is 823 g/mol. The Balaban J connectivity index is 1.07. The Kier molecular flexibility index (Phi) is 9.01. The minimum absolute atomic E-state index is 0.0203. The maximum absolute atomic E-state index is 17.7. The zero-order valence-electron chi connectivity index (χ0n) is 35.0. The van der Waals surface area contributed by atoms with Crippen molar-refractivity contribution in [2.45, 2.75) is 6.92 Å². The Hall–Kier alpha value is -8.15. The van der Waals surface area contributed by atoms with E-state index in [2.05, 4.69) is 122 Å². The minimum atomic E-state index is -0.365. The predicted octanol–water partition coefficient (Wildman–Crippen LogP) is 14.3. The average molecular weight is 824 g/mol. The van der Waals surface area contributed by atoms with Crippen molar-refractivity contribution in [3.05, 3.63) is 230 Å². The normalized spacial score (nSPS) is 11.7. The number of furan rings is 1. The first-order valence-electron chi connectivity index (χ1n) is 21.7. The minimum Gasteiger partial charge on any atom is -0.456 e. The molecule has 0 fully saturated rings. The molecule has 3 nitrogen and oxygen atoms in total. The lowest BCUT2D eigenvalue weighted by atomic mass is 9.35. The molecule has 12 rings (SSSR count). The van der Waals surface area contributed by atoms with E-state index in [1.165, 1.54) is 22.0 Å². The van der Waals surface area contributed by atoms with E-state index in [0.717, 1.165) is 71.9 Å². The van der Waals surface area contributed by atoms with Crippen molar-refractivity contribution in [1.82, 2.24) is 0 Å². The van der Waals surface area contributed by atoms with Crippen molar-refractivity contribution in [2.24, 2.45) is 0 Å². The van der Waals surface area contributed by atoms with Gasteiger partial charge in [0, 0.05) is 33.4 Å². The zero-order valence-corrected chi connectivity index (χ0v) is 35.0. The Morgan fingerprint density at radius 3 is 1.95 bits per heavy atom. The molecule has 1 aromatic heterocycles. The molecule has 302 valence electrons. The fourth-order valence-electron chi connectivity index (χ4n) is 9.87. The van der Waals surface area contributed by atoms with Crippen molar-refractivity contribution in [3.8, 4) is 44.9 Å². The number of halogens is 1. The van der Waals surface area contributed by atoms with Gasteiger partial charge in [-0.3, -0.25) is 0 Å². The molecule has 0 saturated heterocycles. The summed E-state index contributed by atoms with van der Waals surface area (Å²) < 4.78 is 31.4. The van der Waals surface area contributed by atoms with E-state index < -0.39 is 0 Å². The Morgan fingerprint density at radius 2 is 1.14 bits per heavy atom. The number of hydrogen-bond acceptors (Lipinski definition) is 3. The summed E-state index contributed by atoms with van der Waals surface area (Å²) in [5.74, 6) is 1.11. The molecule has 0 unspecified atom stereocenters. The highest BCUT2D eigenvalue weighted by Crippen LogP contribution is 2.52. The Bertz CT molecular complexity index is 3570. The second-order valence-corrected chi connectivity index (χ2v) is 16.5. The van der Waals surface area contributed by atoms with Crippen molar-refractivity contribution < 1.29 is 13.5 Å². The third-order valence-electron chi connectivity index (χ3n) is 12.8. The lowest BCUT2D eigenvalue weighted by molar-refractivity contribution is 0.487. The third kappa shape index (κ3) is 6.19. The molecule has 0 N–H and O–H groups in total. The van der Waals surface area contributed by atoms with E-state index in [1.807, 2.05) is 102 Å². The number of para-hydroxylation sites is 2. The fourth-order valence-corrected chi connectivity index (χ4v) is 9.87. The van der Waals surface area contributed by atoms with Crippen LogP contribution in [0, 0.1) is 12.7 Å². The lowest BCUT2D eigenvalue weighted by Gasteiger charge is -2.30. The summed E-state index contributed by atoms with van der Waals surface area (Å²) in [6.45, 7) is 2.21. The summed E-state index contributed by atoms with van der Waals surface area (Å²) in [5, 5.41) is 4.17. The van der Waals surface area contributed by atoms with Gasteiger partial charge in [0.05, 0.1) is 17.1 Å². The molecule has 1 aliphatic heterocycles. The molecule has 0 amide bonds. The van der Waals surface area contributed by atoms with E-state index in [-0.39, 0.29) is 12.5 Å². The maximum atomic E-state index is 17.7. The highest BCUT2D eigenvalue weighted by atomic mass is 19.1. The standard InChI is InChI=1S/C59H39BFNO2/c1-38-17-11-13-27-50(38)60(42-22-9-4-10-23-42)51-34-33-46-45-32-31-43(37-56(45)63-55-30-16-26-48(51)57(46)55)62(53-28-15-25-47-44-24-12-14-29-54(44)64-59(47)53)58-49(40-20-7-3-8-21-40)35-41(36-52(58)61)39-18-5-2-6-19-39/h2-37H,1H3. The molecule has 5 heteroatoms. The van der Waals surface area contributed by atoms with Gasteiger partial charge in [0.15, 0.2) is 5.58 Å². The van der Waals surface area contributed by atoms with Gasteiger partial charge in [0.1, 0.15) is 22.9 Å². The molecule has 10 aromatic carbocycles. The number of nitrogens with zero attached hydrogens (tertiary/aromatic N) is 1. The largest absolute Gasteiger partial charge is 0.456 e. The highest BCUT2D eigenvalue weighted by molar-refractivity contribution is 6.97. The summed E-state index contributed by atoms with van der Waals surface area (Å²) >= 11 is 0. The van der Waals surface area contributed by atoms with Crippen molar-refractivity contribution >= 4 is 72.9 Å². The number of fused-ring (bicyclic) bond motifs is 5. The SMILES string of the molecule is Cc1ccccc1B(c1ccccc1)c1ccc2c3c(cccc13)Oc1cc(N(c3c(F)cc(-c4ccccc4)cc3-c3ccccc3)c3cccc4c3oc3ccccc34)ccc1-2. The summed E-state index contributed by atoms with van der Waals surface area (Å²) in [6, 6.07) is 74.5. The number of benzene rings is 10. The molecule has 0 atom stereocenters. The molecular weight excluding hydrogens is 784 g/mol. The molecule has 0 aliphatic carbocycles. The van der Waals surface area contributed by atoms with Crippen LogP contribution in [0.15, 0.2) is 223 Å². The van der Waals surface area contributed by atoms with Crippen LogP contribution in [0.1, 0.15) is 5.56 Å². The van der Waals surface area contributed by atoms with Gasteiger partial charge in [-0.25, -0.2) is 4.39 Å². The van der Waals surface area contributed by atoms with E-state index in [1.54, 1.807) is 6.07 Å².